The molecule has 1 heterocycles. The van der Waals surface area contributed by atoms with Crippen LogP contribution in [0, 0.1) is 0 Å². The van der Waals surface area contributed by atoms with E-state index in [-0.39, 0.29) is 16.1 Å². The number of hydrogen-bond donors (Lipinski definition) is 2. The second kappa shape index (κ2) is 9.09. The number of benzene rings is 4. The van der Waals surface area contributed by atoms with Crippen LogP contribution in [0.3, 0.4) is 0 Å². The summed E-state index contributed by atoms with van der Waals surface area (Å²) in [6, 6.07) is 26.3. The zero-order valence-corrected chi connectivity index (χ0v) is 20.4. The van der Waals surface area contributed by atoms with Crippen LogP contribution in [-0.2, 0) is 16.6 Å². The standard InChI is InChI=1S/C27H22ClN3O3S/c1-2-31-25-10-6-4-7-21(25)23-17-19(13-16-26(23)31)29-27(32)22-8-3-5-9-24(22)30-35(33,34)20-14-11-18(28)12-15-20/h3-17,30H,2H2,1H3,(H,29,32). The Bertz CT molecular complexity index is 1680. The van der Waals surface area contributed by atoms with Gasteiger partial charge in [-0.1, -0.05) is 41.9 Å². The van der Waals surface area contributed by atoms with Crippen molar-refractivity contribution in [2.75, 3.05) is 10.0 Å². The Kier molecular flexibility index (Phi) is 5.96. The van der Waals surface area contributed by atoms with E-state index >= 15 is 0 Å². The number of hydrogen-bond acceptors (Lipinski definition) is 3. The Morgan fingerprint density at radius 3 is 2.31 bits per heavy atom. The van der Waals surface area contributed by atoms with Gasteiger partial charge < -0.3 is 9.88 Å². The van der Waals surface area contributed by atoms with Crippen LogP contribution in [0.15, 0.2) is 95.9 Å². The lowest BCUT2D eigenvalue weighted by Crippen LogP contribution is -2.18. The topological polar surface area (TPSA) is 80.2 Å². The van der Waals surface area contributed by atoms with E-state index in [1.165, 1.54) is 24.3 Å². The predicted octanol–water partition coefficient (Wildman–Crippen LogP) is 6.52. The molecule has 0 bridgehead atoms. The quantitative estimate of drug-likeness (QED) is 0.277. The molecular formula is C27H22ClN3O3S. The molecule has 0 unspecified atom stereocenters. The average molecular weight is 504 g/mol. The summed E-state index contributed by atoms with van der Waals surface area (Å²) in [6.45, 7) is 2.93. The number of rotatable bonds is 6. The molecule has 4 aromatic carbocycles. The van der Waals surface area contributed by atoms with E-state index < -0.39 is 15.9 Å². The molecule has 1 amide bonds. The smallest absolute Gasteiger partial charge is 0.261 e. The molecule has 8 heteroatoms. The normalized spacial score (nSPS) is 11.6. The van der Waals surface area contributed by atoms with Crippen molar-refractivity contribution in [2.24, 2.45) is 0 Å². The molecule has 2 N–H and O–H groups in total. The molecule has 5 rings (SSSR count). The van der Waals surface area contributed by atoms with E-state index in [0.717, 1.165) is 28.4 Å². The Hall–Kier alpha value is -3.81. The van der Waals surface area contributed by atoms with Crippen molar-refractivity contribution < 1.29 is 13.2 Å². The number of carbonyl (C=O) groups excluding carboxylic acids is 1. The van der Waals surface area contributed by atoms with Crippen molar-refractivity contribution in [3.63, 3.8) is 0 Å². The van der Waals surface area contributed by atoms with Gasteiger partial charge >= 0.3 is 0 Å². The first-order valence-electron chi connectivity index (χ1n) is 11.1. The number of nitrogens with one attached hydrogen (secondary N) is 2. The maximum atomic E-state index is 13.2. The molecular weight excluding hydrogens is 482 g/mol. The summed E-state index contributed by atoms with van der Waals surface area (Å²) < 4.78 is 30.5. The Morgan fingerprint density at radius 1 is 0.857 bits per heavy atom. The summed E-state index contributed by atoms with van der Waals surface area (Å²) in [6.07, 6.45) is 0. The number of nitrogens with zero attached hydrogens (tertiary/aromatic N) is 1. The molecule has 0 fully saturated rings. The molecule has 0 aliphatic heterocycles. The van der Waals surface area contributed by atoms with Gasteiger partial charge in [-0.25, -0.2) is 8.42 Å². The van der Waals surface area contributed by atoms with E-state index in [9.17, 15) is 13.2 Å². The lowest BCUT2D eigenvalue weighted by Gasteiger charge is -2.13. The first-order chi connectivity index (χ1) is 16.9. The highest BCUT2D eigenvalue weighted by atomic mass is 35.5. The van der Waals surface area contributed by atoms with Gasteiger partial charge in [0.15, 0.2) is 0 Å². The largest absolute Gasteiger partial charge is 0.341 e. The molecule has 0 aliphatic carbocycles. The molecule has 35 heavy (non-hydrogen) atoms. The molecule has 176 valence electrons. The fourth-order valence-electron chi connectivity index (χ4n) is 4.26. The third-order valence-electron chi connectivity index (χ3n) is 5.89. The van der Waals surface area contributed by atoms with Crippen LogP contribution in [0.25, 0.3) is 21.8 Å². The summed E-state index contributed by atoms with van der Waals surface area (Å²) >= 11 is 5.87. The first-order valence-corrected chi connectivity index (χ1v) is 12.9. The summed E-state index contributed by atoms with van der Waals surface area (Å²) in [4.78, 5) is 13.2. The third-order valence-corrected chi connectivity index (χ3v) is 7.52. The van der Waals surface area contributed by atoms with E-state index in [2.05, 4.69) is 33.7 Å². The lowest BCUT2D eigenvalue weighted by molar-refractivity contribution is 0.102. The Balaban J connectivity index is 1.46. The number of aromatic nitrogens is 1. The minimum absolute atomic E-state index is 0.0508. The Labute approximate surface area is 208 Å². The van der Waals surface area contributed by atoms with Gasteiger partial charge in [-0.3, -0.25) is 9.52 Å². The number of anilines is 2. The molecule has 0 saturated carbocycles. The lowest BCUT2D eigenvalue weighted by atomic mass is 10.1. The van der Waals surface area contributed by atoms with Crippen molar-refractivity contribution in [1.82, 2.24) is 4.57 Å². The molecule has 5 aromatic rings. The van der Waals surface area contributed by atoms with Gasteiger partial charge in [-0.05, 0) is 67.6 Å². The number of sulfonamides is 1. The molecule has 6 nitrogen and oxygen atoms in total. The van der Waals surface area contributed by atoms with Crippen LogP contribution >= 0.6 is 11.6 Å². The number of carbonyl (C=O) groups is 1. The maximum absolute atomic E-state index is 13.2. The number of fused-ring (bicyclic) bond motifs is 3. The van der Waals surface area contributed by atoms with E-state index in [1.54, 1.807) is 24.3 Å². The van der Waals surface area contributed by atoms with Crippen LogP contribution in [0.5, 0.6) is 0 Å². The minimum atomic E-state index is -3.90. The van der Waals surface area contributed by atoms with Crippen molar-refractivity contribution in [1.29, 1.82) is 0 Å². The zero-order chi connectivity index (χ0) is 24.6. The zero-order valence-electron chi connectivity index (χ0n) is 18.8. The van der Waals surface area contributed by atoms with Crippen LogP contribution < -0.4 is 10.0 Å². The van der Waals surface area contributed by atoms with Gasteiger partial charge in [0.1, 0.15) is 0 Å². The highest BCUT2D eigenvalue weighted by Gasteiger charge is 2.19. The van der Waals surface area contributed by atoms with Crippen molar-refractivity contribution in [3.05, 3.63) is 102 Å². The van der Waals surface area contributed by atoms with Crippen LogP contribution in [0.4, 0.5) is 11.4 Å². The van der Waals surface area contributed by atoms with Gasteiger partial charge in [0, 0.05) is 39.1 Å². The summed E-state index contributed by atoms with van der Waals surface area (Å²) in [5, 5.41) is 5.50. The van der Waals surface area contributed by atoms with Crippen LogP contribution in [0.1, 0.15) is 17.3 Å². The third kappa shape index (κ3) is 4.36. The van der Waals surface area contributed by atoms with Crippen molar-refractivity contribution in [3.8, 4) is 0 Å². The fraction of sp³-hybridized carbons (Fsp3) is 0.0741. The molecule has 1 aromatic heterocycles. The monoisotopic (exact) mass is 503 g/mol. The minimum Gasteiger partial charge on any atom is -0.341 e. The van der Waals surface area contributed by atoms with Gasteiger partial charge in [0.05, 0.1) is 16.1 Å². The van der Waals surface area contributed by atoms with Gasteiger partial charge in [-0.15, -0.1) is 0 Å². The SMILES string of the molecule is CCn1c2ccccc2c2cc(NC(=O)c3ccccc3NS(=O)(=O)c3ccc(Cl)cc3)ccc21. The molecule has 0 radical (unpaired) electrons. The number of aryl methyl sites for hydroxylation is 1. The first kappa shape index (κ1) is 23.0. The second-order valence-corrected chi connectivity index (χ2v) is 10.2. The van der Waals surface area contributed by atoms with Gasteiger partial charge in [0.2, 0.25) is 0 Å². The van der Waals surface area contributed by atoms with Crippen molar-refractivity contribution >= 4 is 60.7 Å². The van der Waals surface area contributed by atoms with E-state index in [0.29, 0.717) is 10.7 Å². The van der Waals surface area contributed by atoms with E-state index in [1.807, 2.05) is 30.3 Å². The van der Waals surface area contributed by atoms with Gasteiger partial charge in [-0.2, -0.15) is 0 Å². The van der Waals surface area contributed by atoms with Crippen molar-refractivity contribution in [2.45, 2.75) is 18.4 Å². The molecule has 0 atom stereocenters. The molecule has 0 spiro atoms. The average Bonchev–Trinajstić information content (AvgIpc) is 3.17. The summed E-state index contributed by atoms with van der Waals surface area (Å²) in [5.74, 6) is -0.419. The summed E-state index contributed by atoms with van der Waals surface area (Å²) in [7, 11) is -3.90. The summed E-state index contributed by atoms with van der Waals surface area (Å²) in [5.41, 5.74) is 3.24. The highest BCUT2D eigenvalue weighted by molar-refractivity contribution is 7.92. The number of para-hydroxylation sites is 2. The number of amides is 1. The molecule has 0 saturated heterocycles. The maximum Gasteiger partial charge on any atom is 0.261 e. The molecule has 0 aliphatic rings. The van der Waals surface area contributed by atoms with Crippen LogP contribution in [0.2, 0.25) is 5.02 Å². The Morgan fingerprint density at radius 2 is 1.54 bits per heavy atom. The number of halogens is 1. The van der Waals surface area contributed by atoms with E-state index in [4.69, 9.17) is 11.6 Å². The van der Waals surface area contributed by atoms with Crippen LogP contribution in [-0.4, -0.2) is 18.9 Å². The second-order valence-electron chi connectivity index (χ2n) is 8.05. The fourth-order valence-corrected chi connectivity index (χ4v) is 5.46. The predicted molar refractivity (Wildman–Crippen MR) is 142 cm³/mol. The van der Waals surface area contributed by atoms with Gasteiger partial charge in [0.25, 0.3) is 15.9 Å². The highest BCUT2D eigenvalue weighted by Crippen LogP contribution is 2.31.